The lowest BCUT2D eigenvalue weighted by Crippen LogP contribution is -2.40. The molecule has 0 unspecified atom stereocenters. The molecule has 5 heteroatoms. The van der Waals surface area contributed by atoms with Crippen LogP contribution >= 0.6 is 0 Å². The first-order valence-electron chi connectivity index (χ1n) is 9.40. The molecule has 5 nitrogen and oxygen atoms in total. The van der Waals surface area contributed by atoms with Gasteiger partial charge in [-0.2, -0.15) is 0 Å². The van der Waals surface area contributed by atoms with Crippen molar-refractivity contribution in [3.8, 4) is 5.75 Å². The van der Waals surface area contributed by atoms with Crippen molar-refractivity contribution < 1.29 is 19.1 Å². The quantitative estimate of drug-likeness (QED) is 0.755. The van der Waals surface area contributed by atoms with Gasteiger partial charge in [0.25, 0.3) is 5.91 Å². The summed E-state index contributed by atoms with van der Waals surface area (Å²) < 4.78 is 11.0. The summed E-state index contributed by atoms with van der Waals surface area (Å²) in [5.41, 5.74) is 1.46. The van der Waals surface area contributed by atoms with E-state index < -0.39 is 12.1 Å². The van der Waals surface area contributed by atoms with Crippen LogP contribution in [-0.4, -0.2) is 24.0 Å². The van der Waals surface area contributed by atoms with Gasteiger partial charge in [-0.05, 0) is 49.6 Å². The zero-order valence-electron chi connectivity index (χ0n) is 15.5. The second-order valence-electron chi connectivity index (χ2n) is 6.84. The molecular formula is C22H25NO4. The number of benzene rings is 2. The Hall–Kier alpha value is -2.82. The minimum Gasteiger partial charge on any atom is -0.489 e. The zero-order valence-corrected chi connectivity index (χ0v) is 15.5. The Balaban J connectivity index is 1.48. The van der Waals surface area contributed by atoms with Crippen LogP contribution in [0.5, 0.6) is 5.75 Å². The maximum absolute atomic E-state index is 12.2. The van der Waals surface area contributed by atoms with Crippen molar-refractivity contribution in [2.24, 2.45) is 0 Å². The van der Waals surface area contributed by atoms with E-state index in [1.165, 1.54) is 0 Å². The summed E-state index contributed by atoms with van der Waals surface area (Å²) >= 11 is 0. The average Bonchev–Trinajstić information content (AvgIpc) is 3.20. The van der Waals surface area contributed by atoms with Crippen molar-refractivity contribution in [2.45, 2.75) is 51.4 Å². The molecule has 0 radical (unpaired) electrons. The fourth-order valence-corrected chi connectivity index (χ4v) is 3.10. The third-order valence-electron chi connectivity index (χ3n) is 4.69. The van der Waals surface area contributed by atoms with Gasteiger partial charge >= 0.3 is 5.97 Å². The van der Waals surface area contributed by atoms with Crippen molar-refractivity contribution >= 4 is 11.9 Å². The second kappa shape index (κ2) is 9.21. The van der Waals surface area contributed by atoms with Crippen LogP contribution in [-0.2, 0) is 16.1 Å². The van der Waals surface area contributed by atoms with E-state index in [4.69, 9.17) is 9.47 Å². The van der Waals surface area contributed by atoms with Gasteiger partial charge in [0.1, 0.15) is 12.4 Å². The van der Waals surface area contributed by atoms with Gasteiger partial charge in [0.2, 0.25) is 0 Å². The van der Waals surface area contributed by atoms with Crippen LogP contribution in [0, 0.1) is 0 Å². The summed E-state index contributed by atoms with van der Waals surface area (Å²) in [4.78, 5) is 24.4. The molecule has 1 N–H and O–H groups in total. The summed E-state index contributed by atoms with van der Waals surface area (Å²) in [5.74, 6) is -0.0841. The predicted molar refractivity (Wildman–Crippen MR) is 102 cm³/mol. The zero-order chi connectivity index (χ0) is 19.1. The number of nitrogens with one attached hydrogen (secondary N) is 1. The average molecular weight is 367 g/mol. The first-order chi connectivity index (χ1) is 13.1. The molecule has 0 spiro atoms. The molecule has 142 valence electrons. The molecule has 0 heterocycles. The third kappa shape index (κ3) is 5.58. The molecule has 0 aliphatic heterocycles. The summed E-state index contributed by atoms with van der Waals surface area (Å²) in [6, 6.07) is 16.8. The topological polar surface area (TPSA) is 64.6 Å². The Bertz CT molecular complexity index is 752. The van der Waals surface area contributed by atoms with Crippen LogP contribution in [0.15, 0.2) is 54.6 Å². The normalized spacial score (nSPS) is 15.1. The molecule has 1 amide bonds. The van der Waals surface area contributed by atoms with Gasteiger partial charge in [0.05, 0.1) is 5.56 Å². The number of hydrogen-bond acceptors (Lipinski definition) is 4. The van der Waals surface area contributed by atoms with E-state index in [0.717, 1.165) is 31.2 Å². The van der Waals surface area contributed by atoms with Gasteiger partial charge in [-0.25, -0.2) is 4.79 Å². The fraction of sp³-hybridized carbons (Fsp3) is 0.364. The van der Waals surface area contributed by atoms with Crippen LogP contribution in [0.1, 0.15) is 48.5 Å². The third-order valence-corrected chi connectivity index (χ3v) is 4.69. The van der Waals surface area contributed by atoms with Crippen LogP contribution in [0.3, 0.4) is 0 Å². The van der Waals surface area contributed by atoms with Crippen molar-refractivity contribution in [1.82, 2.24) is 5.32 Å². The van der Waals surface area contributed by atoms with Gasteiger partial charge in [-0.15, -0.1) is 0 Å². The standard InChI is InChI=1S/C22H25NO4/c1-16(21(24)23-19-9-5-6-10-19)27-22(25)18-11-13-20(14-12-18)26-15-17-7-3-2-4-8-17/h2-4,7-8,11-14,16,19H,5-6,9-10,15H2,1H3,(H,23,24)/t16-/m1/s1. The van der Waals surface area contributed by atoms with Gasteiger partial charge < -0.3 is 14.8 Å². The summed E-state index contributed by atoms with van der Waals surface area (Å²) in [6.07, 6.45) is 3.45. The Morgan fingerprint density at radius 2 is 1.70 bits per heavy atom. The Morgan fingerprint density at radius 1 is 1.04 bits per heavy atom. The number of ether oxygens (including phenoxy) is 2. The molecule has 2 aromatic carbocycles. The summed E-state index contributed by atoms with van der Waals surface area (Å²) in [7, 11) is 0. The number of esters is 1. The smallest absolute Gasteiger partial charge is 0.338 e. The number of carbonyl (C=O) groups is 2. The molecule has 0 bridgehead atoms. The van der Waals surface area contributed by atoms with Gasteiger partial charge in [-0.3, -0.25) is 4.79 Å². The predicted octanol–water partition coefficient (Wildman–Crippen LogP) is 3.87. The van der Waals surface area contributed by atoms with E-state index in [9.17, 15) is 9.59 Å². The summed E-state index contributed by atoms with van der Waals surface area (Å²) in [5, 5.41) is 2.94. The number of amides is 1. The molecule has 0 saturated heterocycles. The lowest BCUT2D eigenvalue weighted by Gasteiger charge is -2.17. The number of hydrogen-bond donors (Lipinski definition) is 1. The number of rotatable bonds is 7. The van der Waals surface area contributed by atoms with E-state index in [1.807, 2.05) is 30.3 Å². The van der Waals surface area contributed by atoms with Gasteiger partial charge in [0.15, 0.2) is 6.10 Å². The summed E-state index contributed by atoms with van der Waals surface area (Å²) in [6.45, 7) is 2.06. The fourth-order valence-electron chi connectivity index (χ4n) is 3.10. The highest BCUT2D eigenvalue weighted by molar-refractivity contribution is 5.92. The van der Waals surface area contributed by atoms with Crippen molar-refractivity contribution in [3.63, 3.8) is 0 Å². The Morgan fingerprint density at radius 3 is 2.37 bits per heavy atom. The molecule has 0 aromatic heterocycles. The molecule has 1 fully saturated rings. The molecule has 27 heavy (non-hydrogen) atoms. The van der Waals surface area contributed by atoms with E-state index in [1.54, 1.807) is 31.2 Å². The maximum atomic E-state index is 12.2. The molecule has 2 aromatic rings. The van der Waals surface area contributed by atoms with Crippen LogP contribution in [0.2, 0.25) is 0 Å². The van der Waals surface area contributed by atoms with Crippen molar-refractivity contribution in [2.75, 3.05) is 0 Å². The second-order valence-corrected chi connectivity index (χ2v) is 6.84. The first kappa shape index (κ1) is 19.0. The Labute approximate surface area is 159 Å². The molecule has 1 aliphatic rings. The van der Waals surface area contributed by atoms with Crippen LogP contribution < -0.4 is 10.1 Å². The molecule has 1 atom stereocenters. The minimum absolute atomic E-state index is 0.208. The lowest BCUT2D eigenvalue weighted by atomic mass is 10.2. The van der Waals surface area contributed by atoms with Crippen LogP contribution in [0.25, 0.3) is 0 Å². The highest BCUT2D eigenvalue weighted by atomic mass is 16.5. The van der Waals surface area contributed by atoms with Gasteiger partial charge in [0, 0.05) is 6.04 Å². The Kier molecular flexibility index (Phi) is 6.47. The van der Waals surface area contributed by atoms with E-state index in [0.29, 0.717) is 17.9 Å². The molecule has 1 aliphatic carbocycles. The highest BCUT2D eigenvalue weighted by Gasteiger charge is 2.23. The largest absolute Gasteiger partial charge is 0.489 e. The molecule has 1 saturated carbocycles. The monoisotopic (exact) mass is 367 g/mol. The molecular weight excluding hydrogens is 342 g/mol. The van der Waals surface area contributed by atoms with E-state index >= 15 is 0 Å². The van der Waals surface area contributed by atoms with Crippen molar-refractivity contribution in [3.05, 3.63) is 65.7 Å². The van der Waals surface area contributed by atoms with E-state index in [-0.39, 0.29) is 11.9 Å². The maximum Gasteiger partial charge on any atom is 0.338 e. The molecule has 3 rings (SSSR count). The first-order valence-corrected chi connectivity index (χ1v) is 9.40. The SMILES string of the molecule is C[C@@H](OC(=O)c1ccc(OCc2ccccc2)cc1)C(=O)NC1CCCC1. The van der Waals surface area contributed by atoms with Crippen LogP contribution in [0.4, 0.5) is 0 Å². The lowest BCUT2D eigenvalue weighted by molar-refractivity contribution is -0.129. The number of carbonyl (C=O) groups excluding carboxylic acids is 2. The van der Waals surface area contributed by atoms with Crippen molar-refractivity contribution in [1.29, 1.82) is 0 Å². The van der Waals surface area contributed by atoms with E-state index in [2.05, 4.69) is 5.32 Å². The highest BCUT2D eigenvalue weighted by Crippen LogP contribution is 2.18. The minimum atomic E-state index is -0.813. The van der Waals surface area contributed by atoms with Gasteiger partial charge in [-0.1, -0.05) is 43.2 Å².